The minimum Gasteiger partial charge on any atom is -0.494 e. The second-order valence-corrected chi connectivity index (χ2v) is 6.64. The maximum Gasteiger partial charge on any atom is 0.123 e. The normalized spacial score (nSPS) is 17.6. The molecule has 0 aromatic heterocycles. The van der Waals surface area contributed by atoms with Crippen molar-refractivity contribution in [2.24, 2.45) is 5.92 Å². The molecule has 1 aliphatic rings. The molecule has 3 heteroatoms. The summed E-state index contributed by atoms with van der Waals surface area (Å²) in [5.41, 5.74) is 1.27. The van der Waals surface area contributed by atoms with Crippen molar-refractivity contribution < 1.29 is 4.74 Å². The van der Waals surface area contributed by atoms with Crippen molar-refractivity contribution in [1.82, 2.24) is 0 Å². The minimum absolute atomic E-state index is 0.409. The third kappa shape index (κ3) is 3.47. The second-order valence-electron chi connectivity index (χ2n) is 4.62. The molecule has 94 valence electrons. The summed E-state index contributed by atoms with van der Waals surface area (Å²) in [6, 6.07) is 6.26. The van der Waals surface area contributed by atoms with Crippen molar-refractivity contribution in [3.05, 3.63) is 28.2 Å². The van der Waals surface area contributed by atoms with Gasteiger partial charge in [0.05, 0.1) is 6.61 Å². The zero-order chi connectivity index (χ0) is 12.3. The number of halogens is 2. The van der Waals surface area contributed by atoms with Gasteiger partial charge in [-0.3, -0.25) is 0 Å². The lowest BCUT2D eigenvalue weighted by atomic mass is 9.81. The van der Waals surface area contributed by atoms with Gasteiger partial charge >= 0.3 is 0 Å². The molecule has 0 saturated heterocycles. The largest absolute Gasteiger partial charge is 0.494 e. The fraction of sp³-hybridized carbons (Fsp3) is 0.571. The lowest BCUT2D eigenvalue weighted by molar-refractivity contribution is 0.291. The molecule has 1 atom stereocenters. The Morgan fingerprint density at radius 1 is 1.41 bits per heavy atom. The van der Waals surface area contributed by atoms with Crippen LogP contribution < -0.4 is 4.74 Å². The van der Waals surface area contributed by atoms with Crippen molar-refractivity contribution in [2.75, 3.05) is 6.61 Å². The molecular weight excluding hydrogens is 344 g/mol. The highest BCUT2D eigenvalue weighted by Crippen LogP contribution is 2.42. The minimum atomic E-state index is 0.409. The summed E-state index contributed by atoms with van der Waals surface area (Å²) < 4.78 is 6.81. The van der Waals surface area contributed by atoms with E-state index in [9.17, 15) is 0 Å². The quantitative estimate of drug-likeness (QED) is 0.631. The van der Waals surface area contributed by atoms with Crippen LogP contribution in [-0.4, -0.2) is 6.61 Å². The first kappa shape index (κ1) is 13.4. The molecule has 0 N–H and O–H groups in total. The van der Waals surface area contributed by atoms with Crippen LogP contribution in [-0.2, 0) is 0 Å². The molecule has 17 heavy (non-hydrogen) atoms. The standard InChI is InChI=1S/C14H18Br2O/c1-2-17-14-7-6-11(15)9-12(14)13(16)8-10-4-3-5-10/h6-7,9-10,13H,2-5,8H2,1H3. The summed E-state index contributed by atoms with van der Waals surface area (Å²) in [7, 11) is 0. The van der Waals surface area contributed by atoms with Crippen LogP contribution in [0.25, 0.3) is 0 Å². The monoisotopic (exact) mass is 360 g/mol. The van der Waals surface area contributed by atoms with Crippen LogP contribution in [0.3, 0.4) is 0 Å². The molecule has 0 amide bonds. The highest BCUT2D eigenvalue weighted by atomic mass is 79.9. The van der Waals surface area contributed by atoms with Crippen LogP contribution in [0.15, 0.2) is 22.7 Å². The lowest BCUT2D eigenvalue weighted by Crippen LogP contribution is -2.13. The SMILES string of the molecule is CCOc1ccc(Br)cc1C(Br)CC1CCC1. The van der Waals surface area contributed by atoms with E-state index in [0.29, 0.717) is 4.83 Å². The molecule has 1 fully saturated rings. The zero-order valence-electron chi connectivity index (χ0n) is 10.1. The van der Waals surface area contributed by atoms with Gasteiger partial charge in [-0.2, -0.15) is 0 Å². The van der Waals surface area contributed by atoms with Gasteiger partial charge in [0.15, 0.2) is 0 Å². The van der Waals surface area contributed by atoms with Crippen LogP contribution in [0.1, 0.15) is 43.0 Å². The third-order valence-electron chi connectivity index (χ3n) is 3.37. The van der Waals surface area contributed by atoms with Crippen molar-refractivity contribution in [3.63, 3.8) is 0 Å². The van der Waals surface area contributed by atoms with Crippen LogP contribution in [0.5, 0.6) is 5.75 Å². The van der Waals surface area contributed by atoms with E-state index in [2.05, 4.69) is 44.0 Å². The van der Waals surface area contributed by atoms with Gasteiger partial charge < -0.3 is 4.74 Å². The van der Waals surface area contributed by atoms with E-state index >= 15 is 0 Å². The smallest absolute Gasteiger partial charge is 0.123 e. The Kier molecular flexibility index (Phi) is 4.92. The Labute approximate surface area is 120 Å². The predicted molar refractivity (Wildman–Crippen MR) is 78.9 cm³/mol. The molecule has 0 heterocycles. The van der Waals surface area contributed by atoms with Crippen molar-refractivity contribution in [3.8, 4) is 5.75 Å². The van der Waals surface area contributed by atoms with Gasteiger partial charge in [0.25, 0.3) is 0 Å². The average Bonchev–Trinajstić information content (AvgIpc) is 2.26. The first-order chi connectivity index (χ1) is 8.20. The summed E-state index contributed by atoms with van der Waals surface area (Å²) in [5.74, 6) is 1.91. The van der Waals surface area contributed by atoms with Gasteiger partial charge in [-0.1, -0.05) is 51.1 Å². The van der Waals surface area contributed by atoms with Crippen molar-refractivity contribution in [1.29, 1.82) is 0 Å². The number of alkyl halides is 1. The summed E-state index contributed by atoms with van der Waals surface area (Å²) in [6.07, 6.45) is 5.40. The lowest BCUT2D eigenvalue weighted by Gasteiger charge is -2.28. The second kappa shape index (κ2) is 6.24. The van der Waals surface area contributed by atoms with Gasteiger partial charge in [-0.05, 0) is 37.5 Å². The topological polar surface area (TPSA) is 9.23 Å². The van der Waals surface area contributed by atoms with E-state index in [-0.39, 0.29) is 0 Å². The molecule has 0 bridgehead atoms. The summed E-state index contributed by atoms with van der Waals surface area (Å²) in [5, 5.41) is 0. The average molecular weight is 362 g/mol. The number of benzene rings is 1. The van der Waals surface area contributed by atoms with E-state index in [1.54, 1.807) is 0 Å². The van der Waals surface area contributed by atoms with Gasteiger partial charge in [-0.25, -0.2) is 0 Å². The number of rotatable bonds is 5. The third-order valence-corrected chi connectivity index (χ3v) is 4.73. The molecule has 1 saturated carbocycles. The fourth-order valence-corrected chi connectivity index (χ4v) is 3.46. The Balaban J connectivity index is 2.12. The Morgan fingerprint density at radius 3 is 2.76 bits per heavy atom. The Bertz CT molecular complexity index is 374. The first-order valence-corrected chi connectivity index (χ1v) is 7.98. The molecular formula is C14H18Br2O. The fourth-order valence-electron chi connectivity index (χ4n) is 2.20. The van der Waals surface area contributed by atoms with E-state index in [4.69, 9.17) is 4.74 Å². The maximum atomic E-state index is 5.70. The Morgan fingerprint density at radius 2 is 2.18 bits per heavy atom. The van der Waals surface area contributed by atoms with E-state index < -0.39 is 0 Å². The molecule has 0 aliphatic heterocycles. The summed E-state index contributed by atoms with van der Waals surface area (Å²) >= 11 is 7.35. The summed E-state index contributed by atoms with van der Waals surface area (Å²) in [4.78, 5) is 0.409. The van der Waals surface area contributed by atoms with E-state index in [1.165, 1.54) is 31.2 Å². The Hall–Kier alpha value is -0.0200. The van der Waals surface area contributed by atoms with Gasteiger partial charge in [0.2, 0.25) is 0 Å². The van der Waals surface area contributed by atoms with Gasteiger partial charge in [0.1, 0.15) is 5.75 Å². The molecule has 1 aromatic carbocycles. The first-order valence-electron chi connectivity index (χ1n) is 6.27. The van der Waals surface area contributed by atoms with Crippen LogP contribution >= 0.6 is 31.9 Å². The van der Waals surface area contributed by atoms with Crippen molar-refractivity contribution >= 4 is 31.9 Å². The molecule has 0 spiro atoms. The number of hydrogen-bond acceptors (Lipinski definition) is 1. The number of ether oxygens (including phenoxy) is 1. The molecule has 2 rings (SSSR count). The predicted octanol–water partition coefficient (Wildman–Crippen LogP) is 5.47. The van der Waals surface area contributed by atoms with Gasteiger partial charge in [-0.15, -0.1) is 0 Å². The van der Waals surface area contributed by atoms with Crippen LogP contribution in [0.2, 0.25) is 0 Å². The highest BCUT2D eigenvalue weighted by Gasteiger charge is 2.23. The number of hydrogen-bond donors (Lipinski definition) is 0. The van der Waals surface area contributed by atoms with E-state index in [0.717, 1.165) is 22.7 Å². The van der Waals surface area contributed by atoms with Gasteiger partial charge in [0, 0.05) is 14.9 Å². The zero-order valence-corrected chi connectivity index (χ0v) is 13.3. The molecule has 1 aliphatic carbocycles. The molecule has 1 unspecified atom stereocenters. The maximum absolute atomic E-state index is 5.70. The molecule has 0 radical (unpaired) electrons. The molecule has 1 aromatic rings. The summed E-state index contributed by atoms with van der Waals surface area (Å²) in [6.45, 7) is 2.75. The molecule has 1 nitrogen and oxygen atoms in total. The van der Waals surface area contributed by atoms with Crippen molar-refractivity contribution in [2.45, 2.75) is 37.4 Å². The van der Waals surface area contributed by atoms with E-state index in [1.807, 2.05) is 13.0 Å². The highest BCUT2D eigenvalue weighted by molar-refractivity contribution is 9.10. The van der Waals surface area contributed by atoms with Crippen LogP contribution in [0.4, 0.5) is 0 Å². The van der Waals surface area contributed by atoms with Crippen LogP contribution in [0, 0.1) is 5.92 Å².